The highest BCUT2D eigenvalue weighted by Crippen LogP contribution is 2.20. The Morgan fingerprint density at radius 2 is 2.29 bits per heavy atom. The van der Waals surface area contributed by atoms with Gasteiger partial charge in [-0.3, -0.25) is 4.79 Å². The smallest absolute Gasteiger partial charge is 0.220 e. The molecule has 4 heteroatoms. The van der Waals surface area contributed by atoms with E-state index >= 15 is 0 Å². The van der Waals surface area contributed by atoms with E-state index in [4.69, 9.17) is 16.7 Å². The Morgan fingerprint density at radius 3 is 2.88 bits per heavy atom. The molecule has 1 unspecified atom stereocenters. The standard InChI is InChI=1S/C13H18ClNO2/c1-2-12(15-13(17)7-4-8-16)10-5-3-6-11(14)9-10/h3,5-6,9,12,16H,2,4,7-8H2,1H3,(H,15,17). The molecule has 0 aliphatic carbocycles. The van der Waals surface area contributed by atoms with Gasteiger partial charge in [-0.15, -0.1) is 0 Å². The molecule has 1 amide bonds. The van der Waals surface area contributed by atoms with E-state index in [0.29, 0.717) is 17.9 Å². The molecule has 3 nitrogen and oxygen atoms in total. The van der Waals surface area contributed by atoms with Crippen molar-refractivity contribution in [1.29, 1.82) is 0 Å². The number of hydrogen-bond acceptors (Lipinski definition) is 2. The van der Waals surface area contributed by atoms with Gasteiger partial charge in [0.05, 0.1) is 6.04 Å². The van der Waals surface area contributed by atoms with Gasteiger partial charge in [0.2, 0.25) is 5.91 Å². The summed E-state index contributed by atoms with van der Waals surface area (Å²) in [5, 5.41) is 12.3. The molecular formula is C13H18ClNO2. The summed E-state index contributed by atoms with van der Waals surface area (Å²) < 4.78 is 0. The summed E-state index contributed by atoms with van der Waals surface area (Å²) in [6.45, 7) is 2.05. The number of halogens is 1. The molecular weight excluding hydrogens is 238 g/mol. The Balaban J connectivity index is 2.62. The van der Waals surface area contributed by atoms with Crippen LogP contribution in [-0.2, 0) is 4.79 Å². The third-order valence-electron chi connectivity index (χ3n) is 2.56. The molecule has 0 saturated carbocycles. The average Bonchev–Trinajstić information content (AvgIpc) is 2.33. The van der Waals surface area contributed by atoms with Gasteiger partial charge >= 0.3 is 0 Å². The van der Waals surface area contributed by atoms with Gasteiger partial charge in [-0.25, -0.2) is 0 Å². The van der Waals surface area contributed by atoms with E-state index in [-0.39, 0.29) is 18.6 Å². The molecule has 0 radical (unpaired) electrons. The predicted molar refractivity (Wildman–Crippen MR) is 68.9 cm³/mol. The minimum atomic E-state index is -0.0362. The van der Waals surface area contributed by atoms with Crippen molar-refractivity contribution in [2.75, 3.05) is 6.61 Å². The van der Waals surface area contributed by atoms with Crippen molar-refractivity contribution in [2.24, 2.45) is 0 Å². The van der Waals surface area contributed by atoms with Crippen LogP contribution in [0.1, 0.15) is 37.8 Å². The minimum absolute atomic E-state index is 0.0140. The molecule has 2 N–H and O–H groups in total. The molecule has 1 rings (SSSR count). The molecule has 17 heavy (non-hydrogen) atoms. The van der Waals surface area contributed by atoms with Gasteiger partial charge in [-0.1, -0.05) is 30.7 Å². The number of rotatable bonds is 6. The first-order valence-electron chi connectivity index (χ1n) is 5.83. The minimum Gasteiger partial charge on any atom is -0.396 e. The Morgan fingerprint density at radius 1 is 1.53 bits per heavy atom. The molecule has 1 aromatic rings. The summed E-state index contributed by atoms with van der Waals surface area (Å²) in [5.41, 5.74) is 1.01. The summed E-state index contributed by atoms with van der Waals surface area (Å²) >= 11 is 5.92. The normalized spacial score (nSPS) is 12.2. The third kappa shape index (κ3) is 4.75. The van der Waals surface area contributed by atoms with Crippen LogP contribution in [0.25, 0.3) is 0 Å². The largest absolute Gasteiger partial charge is 0.396 e. The van der Waals surface area contributed by atoms with Gasteiger partial charge in [0.1, 0.15) is 0 Å². The van der Waals surface area contributed by atoms with Gasteiger partial charge in [0.15, 0.2) is 0 Å². The van der Waals surface area contributed by atoms with Crippen LogP contribution in [0.15, 0.2) is 24.3 Å². The molecule has 94 valence electrons. The van der Waals surface area contributed by atoms with E-state index in [9.17, 15) is 4.79 Å². The first-order valence-corrected chi connectivity index (χ1v) is 6.20. The molecule has 0 bridgehead atoms. The zero-order chi connectivity index (χ0) is 12.7. The van der Waals surface area contributed by atoms with Gasteiger partial charge in [-0.2, -0.15) is 0 Å². The first kappa shape index (κ1) is 14.0. The first-order chi connectivity index (χ1) is 8.17. The second kappa shape index (κ2) is 7.30. The Bertz CT molecular complexity index is 368. The fourth-order valence-electron chi connectivity index (χ4n) is 1.65. The average molecular weight is 256 g/mol. The van der Waals surface area contributed by atoms with Crippen molar-refractivity contribution < 1.29 is 9.90 Å². The summed E-state index contributed by atoms with van der Waals surface area (Å²) in [6.07, 6.45) is 1.66. The maximum Gasteiger partial charge on any atom is 0.220 e. The highest BCUT2D eigenvalue weighted by molar-refractivity contribution is 6.30. The number of benzene rings is 1. The summed E-state index contributed by atoms with van der Waals surface area (Å²) in [4.78, 5) is 11.6. The maximum atomic E-state index is 11.6. The number of amides is 1. The van der Waals surface area contributed by atoms with E-state index in [2.05, 4.69) is 5.32 Å². The zero-order valence-corrected chi connectivity index (χ0v) is 10.7. The SMILES string of the molecule is CCC(NC(=O)CCCO)c1cccc(Cl)c1. The third-order valence-corrected chi connectivity index (χ3v) is 2.79. The molecule has 0 heterocycles. The fraction of sp³-hybridized carbons (Fsp3) is 0.462. The predicted octanol–water partition coefficient (Wildman–Crippen LogP) is 2.68. The Kier molecular flexibility index (Phi) is 6.01. The van der Waals surface area contributed by atoms with Crippen LogP contribution >= 0.6 is 11.6 Å². The van der Waals surface area contributed by atoms with Crippen molar-refractivity contribution in [2.45, 2.75) is 32.2 Å². The van der Waals surface area contributed by atoms with Crippen LogP contribution in [0.3, 0.4) is 0 Å². The van der Waals surface area contributed by atoms with Gasteiger partial charge in [0, 0.05) is 18.1 Å². The Labute approximate surface area is 107 Å². The van der Waals surface area contributed by atoms with Crippen LogP contribution in [-0.4, -0.2) is 17.6 Å². The van der Waals surface area contributed by atoms with Crippen molar-refractivity contribution in [3.63, 3.8) is 0 Å². The van der Waals surface area contributed by atoms with E-state index in [1.807, 2.05) is 31.2 Å². The van der Waals surface area contributed by atoms with Crippen molar-refractivity contribution in [3.05, 3.63) is 34.9 Å². The lowest BCUT2D eigenvalue weighted by Gasteiger charge is -2.17. The summed E-state index contributed by atoms with van der Waals surface area (Å²) in [5.74, 6) is -0.0362. The topological polar surface area (TPSA) is 49.3 Å². The van der Waals surface area contributed by atoms with E-state index in [1.54, 1.807) is 0 Å². The van der Waals surface area contributed by atoms with Crippen LogP contribution in [0.4, 0.5) is 0 Å². The van der Waals surface area contributed by atoms with Gasteiger partial charge < -0.3 is 10.4 Å². The van der Waals surface area contributed by atoms with Crippen LogP contribution in [0.5, 0.6) is 0 Å². The molecule has 0 spiro atoms. The highest BCUT2D eigenvalue weighted by atomic mass is 35.5. The van der Waals surface area contributed by atoms with Crippen LogP contribution in [0.2, 0.25) is 5.02 Å². The fourth-order valence-corrected chi connectivity index (χ4v) is 1.85. The quantitative estimate of drug-likeness (QED) is 0.821. The second-order valence-corrected chi connectivity index (χ2v) is 4.35. The van der Waals surface area contributed by atoms with E-state index in [0.717, 1.165) is 12.0 Å². The number of nitrogens with one attached hydrogen (secondary N) is 1. The lowest BCUT2D eigenvalue weighted by Crippen LogP contribution is -2.28. The number of hydrogen-bond donors (Lipinski definition) is 2. The van der Waals surface area contributed by atoms with Crippen molar-refractivity contribution >= 4 is 17.5 Å². The molecule has 0 aromatic heterocycles. The lowest BCUT2D eigenvalue weighted by atomic mass is 10.0. The monoisotopic (exact) mass is 255 g/mol. The number of aliphatic hydroxyl groups is 1. The molecule has 1 aromatic carbocycles. The number of carbonyl (C=O) groups excluding carboxylic acids is 1. The molecule has 0 aliphatic rings. The molecule has 0 saturated heterocycles. The van der Waals surface area contributed by atoms with Crippen LogP contribution < -0.4 is 5.32 Å². The van der Waals surface area contributed by atoms with E-state index < -0.39 is 0 Å². The number of carbonyl (C=O) groups is 1. The number of aliphatic hydroxyl groups excluding tert-OH is 1. The van der Waals surface area contributed by atoms with Crippen molar-refractivity contribution in [3.8, 4) is 0 Å². The summed E-state index contributed by atoms with van der Waals surface area (Å²) in [7, 11) is 0. The maximum absolute atomic E-state index is 11.6. The molecule has 0 aliphatic heterocycles. The zero-order valence-electron chi connectivity index (χ0n) is 9.95. The lowest BCUT2D eigenvalue weighted by molar-refractivity contribution is -0.122. The molecule has 1 atom stereocenters. The highest BCUT2D eigenvalue weighted by Gasteiger charge is 2.12. The van der Waals surface area contributed by atoms with Gasteiger partial charge in [0.25, 0.3) is 0 Å². The van der Waals surface area contributed by atoms with Gasteiger partial charge in [-0.05, 0) is 30.5 Å². The Hall–Kier alpha value is -1.06. The van der Waals surface area contributed by atoms with Crippen LogP contribution in [0, 0.1) is 0 Å². The second-order valence-electron chi connectivity index (χ2n) is 3.91. The van der Waals surface area contributed by atoms with E-state index in [1.165, 1.54) is 0 Å². The molecule has 0 fully saturated rings. The van der Waals surface area contributed by atoms with Crippen molar-refractivity contribution in [1.82, 2.24) is 5.32 Å². The summed E-state index contributed by atoms with van der Waals surface area (Å²) in [6, 6.07) is 7.49.